The van der Waals surface area contributed by atoms with E-state index in [9.17, 15) is 9.18 Å². The third kappa shape index (κ3) is 4.14. The number of aromatic nitrogens is 2. The summed E-state index contributed by atoms with van der Waals surface area (Å²) < 4.78 is 20.9. The van der Waals surface area contributed by atoms with Gasteiger partial charge in [0.05, 0.1) is 17.7 Å². The lowest BCUT2D eigenvalue weighted by Crippen LogP contribution is -2.38. The minimum Gasteiger partial charge on any atom is -0.487 e. The molecule has 0 spiro atoms. The summed E-state index contributed by atoms with van der Waals surface area (Å²) in [6, 6.07) is 6.78. The molecule has 0 atom stereocenters. The van der Waals surface area contributed by atoms with Gasteiger partial charge in [0.1, 0.15) is 17.3 Å². The predicted molar refractivity (Wildman–Crippen MR) is 117 cm³/mol. The van der Waals surface area contributed by atoms with Gasteiger partial charge in [0, 0.05) is 30.7 Å². The van der Waals surface area contributed by atoms with Crippen LogP contribution in [0.4, 0.5) is 10.2 Å². The van der Waals surface area contributed by atoms with Gasteiger partial charge in [-0.05, 0) is 57.9 Å². The summed E-state index contributed by atoms with van der Waals surface area (Å²) in [6.07, 6.45) is 3.11. The number of piperidine rings is 1. The van der Waals surface area contributed by atoms with Crippen LogP contribution in [0, 0.1) is 5.82 Å². The molecule has 0 unspecified atom stereocenters. The van der Waals surface area contributed by atoms with Crippen LogP contribution in [0.15, 0.2) is 30.5 Å². The molecule has 1 saturated heterocycles. The number of carbonyl (C=O) groups excluding carboxylic acids is 1. The highest BCUT2D eigenvalue weighted by molar-refractivity contribution is 7.15. The molecule has 8 heteroatoms. The van der Waals surface area contributed by atoms with Crippen molar-refractivity contribution in [3.8, 4) is 5.06 Å². The van der Waals surface area contributed by atoms with Crippen molar-refractivity contribution in [1.82, 2.24) is 14.3 Å². The van der Waals surface area contributed by atoms with Gasteiger partial charge in [-0.2, -0.15) is 0 Å². The molecule has 1 aliphatic rings. The van der Waals surface area contributed by atoms with Crippen LogP contribution in [0.5, 0.6) is 5.06 Å². The van der Waals surface area contributed by atoms with Gasteiger partial charge in [0.25, 0.3) is 5.91 Å². The van der Waals surface area contributed by atoms with Gasteiger partial charge in [-0.3, -0.25) is 9.20 Å². The van der Waals surface area contributed by atoms with Crippen LogP contribution in [-0.4, -0.2) is 45.9 Å². The third-order valence-corrected chi connectivity index (χ3v) is 6.30. The summed E-state index contributed by atoms with van der Waals surface area (Å²) in [5.41, 5.74) is 1.48. The van der Waals surface area contributed by atoms with E-state index in [2.05, 4.69) is 26.1 Å². The maximum Gasteiger partial charge on any atom is 0.264 e. The number of methoxy groups -OCH3 is 1. The van der Waals surface area contributed by atoms with Crippen molar-refractivity contribution in [2.45, 2.75) is 45.1 Å². The van der Waals surface area contributed by atoms with Crippen molar-refractivity contribution in [3.05, 3.63) is 46.9 Å². The molecule has 160 valence electrons. The number of amides is 1. The van der Waals surface area contributed by atoms with Crippen molar-refractivity contribution < 1.29 is 13.9 Å². The zero-order valence-electron chi connectivity index (χ0n) is 17.7. The highest BCUT2D eigenvalue weighted by Crippen LogP contribution is 2.35. The molecule has 0 aromatic carbocycles. The van der Waals surface area contributed by atoms with Crippen LogP contribution in [0.1, 0.15) is 54.9 Å². The van der Waals surface area contributed by atoms with Gasteiger partial charge in [0.15, 0.2) is 5.06 Å². The molecule has 0 bridgehead atoms. The van der Waals surface area contributed by atoms with Gasteiger partial charge < -0.3 is 15.0 Å². The fourth-order valence-electron chi connectivity index (χ4n) is 3.86. The largest absolute Gasteiger partial charge is 0.487 e. The summed E-state index contributed by atoms with van der Waals surface area (Å²) in [7, 11) is 1.61. The Morgan fingerprint density at radius 2 is 1.97 bits per heavy atom. The first-order valence-electron chi connectivity index (χ1n) is 10.1. The number of hydrogen-bond donors (Lipinski definition) is 1. The van der Waals surface area contributed by atoms with E-state index >= 15 is 0 Å². The number of halogens is 1. The van der Waals surface area contributed by atoms with E-state index in [1.54, 1.807) is 17.6 Å². The first kappa shape index (κ1) is 20.7. The number of nitrogens with one attached hydrogen (secondary N) is 1. The third-order valence-electron chi connectivity index (χ3n) is 5.26. The van der Waals surface area contributed by atoms with E-state index in [-0.39, 0.29) is 23.2 Å². The van der Waals surface area contributed by atoms with Crippen LogP contribution < -0.4 is 10.1 Å². The highest BCUT2D eigenvalue weighted by atomic mass is 32.1. The van der Waals surface area contributed by atoms with E-state index in [0.29, 0.717) is 18.0 Å². The number of thiophene rings is 1. The highest BCUT2D eigenvalue weighted by Gasteiger charge is 2.30. The van der Waals surface area contributed by atoms with Crippen LogP contribution in [0.3, 0.4) is 0 Å². The minimum absolute atomic E-state index is 0.0480. The number of ether oxygens (including phenoxy) is 1. The van der Waals surface area contributed by atoms with E-state index in [1.165, 1.54) is 23.6 Å². The molecule has 3 aromatic rings. The Kier molecular flexibility index (Phi) is 5.44. The molecule has 4 rings (SSSR count). The van der Waals surface area contributed by atoms with E-state index in [0.717, 1.165) is 35.1 Å². The lowest BCUT2D eigenvalue weighted by atomic mass is 9.93. The molecule has 1 fully saturated rings. The fourth-order valence-corrected chi connectivity index (χ4v) is 4.65. The summed E-state index contributed by atoms with van der Waals surface area (Å²) >= 11 is 1.37. The zero-order chi connectivity index (χ0) is 21.5. The molecule has 3 aromatic heterocycles. The molecule has 1 aliphatic heterocycles. The van der Waals surface area contributed by atoms with Gasteiger partial charge in [0.2, 0.25) is 0 Å². The quantitative estimate of drug-likeness (QED) is 0.648. The lowest BCUT2D eigenvalue weighted by Gasteiger charge is -2.32. The van der Waals surface area contributed by atoms with Crippen molar-refractivity contribution in [3.63, 3.8) is 0 Å². The molecule has 6 nitrogen and oxygen atoms in total. The average molecular weight is 431 g/mol. The number of imidazole rings is 1. The monoisotopic (exact) mass is 430 g/mol. The van der Waals surface area contributed by atoms with Gasteiger partial charge in [-0.15, -0.1) is 0 Å². The van der Waals surface area contributed by atoms with Gasteiger partial charge in [-0.1, -0.05) is 11.3 Å². The summed E-state index contributed by atoms with van der Waals surface area (Å²) in [5.74, 6) is 0.798. The Balaban J connectivity index is 1.55. The summed E-state index contributed by atoms with van der Waals surface area (Å²) in [4.78, 5) is 20.2. The first-order valence-corrected chi connectivity index (χ1v) is 11.0. The Bertz CT molecular complexity index is 1060. The number of likely N-dealkylation sites (tertiary alicyclic amines) is 1. The van der Waals surface area contributed by atoms with Gasteiger partial charge in [-0.25, -0.2) is 9.37 Å². The van der Waals surface area contributed by atoms with Crippen LogP contribution in [-0.2, 0) is 0 Å². The SMILES string of the molecule is COc1ccc(C(=O)N2CCC(c3nc4ccc(F)cn4c3NC(C)(C)C)CC2)s1. The van der Waals surface area contributed by atoms with Crippen LogP contribution in [0.25, 0.3) is 5.65 Å². The van der Waals surface area contributed by atoms with Crippen molar-refractivity contribution >= 4 is 28.7 Å². The van der Waals surface area contributed by atoms with Crippen molar-refractivity contribution in [2.75, 3.05) is 25.5 Å². The second-order valence-electron chi connectivity index (χ2n) is 8.69. The minimum atomic E-state index is -0.296. The molecular formula is C22H27FN4O2S. The molecule has 0 aliphatic carbocycles. The maximum atomic E-state index is 13.9. The predicted octanol–water partition coefficient (Wildman–Crippen LogP) is 4.77. The van der Waals surface area contributed by atoms with E-state index in [1.807, 2.05) is 17.0 Å². The molecule has 1 N–H and O–H groups in total. The van der Waals surface area contributed by atoms with Crippen molar-refractivity contribution in [1.29, 1.82) is 0 Å². The molecule has 0 radical (unpaired) electrons. The Morgan fingerprint density at radius 3 is 2.60 bits per heavy atom. The van der Waals surface area contributed by atoms with Gasteiger partial charge >= 0.3 is 0 Å². The number of nitrogens with zero attached hydrogens (tertiary/aromatic N) is 3. The molecule has 1 amide bonds. The topological polar surface area (TPSA) is 58.9 Å². The van der Waals surface area contributed by atoms with Crippen molar-refractivity contribution in [2.24, 2.45) is 0 Å². The molecule has 4 heterocycles. The Labute approximate surface area is 179 Å². The number of fused-ring (bicyclic) bond motifs is 1. The van der Waals surface area contributed by atoms with Crippen LogP contribution in [0.2, 0.25) is 0 Å². The second kappa shape index (κ2) is 7.91. The molecular weight excluding hydrogens is 403 g/mol. The second-order valence-corrected chi connectivity index (χ2v) is 9.73. The Morgan fingerprint density at radius 1 is 1.23 bits per heavy atom. The standard InChI is InChI=1S/C22H27FN4O2S/c1-22(2,3)25-20-19(24-17-7-5-15(23)13-27(17)20)14-9-11-26(12-10-14)21(28)16-6-8-18(29-4)30-16/h5-8,13-14,25H,9-12H2,1-4H3. The number of pyridine rings is 1. The normalized spacial score (nSPS) is 15.6. The van der Waals surface area contributed by atoms with E-state index < -0.39 is 0 Å². The fraction of sp³-hybridized carbons (Fsp3) is 0.455. The number of rotatable bonds is 4. The van der Waals surface area contributed by atoms with Crippen LogP contribution >= 0.6 is 11.3 Å². The zero-order valence-corrected chi connectivity index (χ0v) is 18.6. The van der Waals surface area contributed by atoms with E-state index in [4.69, 9.17) is 9.72 Å². The molecule has 0 saturated carbocycles. The summed E-state index contributed by atoms with van der Waals surface area (Å²) in [6.45, 7) is 7.56. The lowest BCUT2D eigenvalue weighted by molar-refractivity contribution is 0.0717. The summed E-state index contributed by atoms with van der Waals surface area (Å²) in [5, 5.41) is 4.25. The maximum absolute atomic E-state index is 13.9. The average Bonchev–Trinajstić information content (AvgIpc) is 3.32. The number of hydrogen-bond acceptors (Lipinski definition) is 5. The number of anilines is 1. The number of carbonyl (C=O) groups is 1. The molecule has 30 heavy (non-hydrogen) atoms. The smallest absolute Gasteiger partial charge is 0.264 e. The Hall–Kier alpha value is -2.61. The first-order chi connectivity index (χ1) is 14.2.